The second kappa shape index (κ2) is 11.6. The first-order valence-corrected chi connectivity index (χ1v) is 14.1. The van der Waals surface area contributed by atoms with Crippen LogP contribution in [-0.2, 0) is 9.47 Å². The van der Waals surface area contributed by atoms with E-state index in [-0.39, 0.29) is 29.8 Å². The van der Waals surface area contributed by atoms with Gasteiger partial charge in [-0.3, -0.25) is 4.98 Å². The maximum atomic E-state index is 10.3. The Morgan fingerprint density at radius 2 is 2.02 bits per heavy atom. The van der Waals surface area contributed by atoms with Crippen molar-refractivity contribution in [2.45, 2.75) is 38.9 Å². The van der Waals surface area contributed by atoms with Crippen LogP contribution in [0.5, 0.6) is 5.75 Å². The van der Waals surface area contributed by atoms with E-state index in [0.717, 1.165) is 20.8 Å². The van der Waals surface area contributed by atoms with E-state index >= 15 is 0 Å². The minimum Gasteiger partial charge on any atom is -0.491 e. The molecule has 1 saturated heterocycles. The Morgan fingerprint density at radius 3 is 2.77 bits per heavy atom. The van der Waals surface area contributed by atoms with Gasteiger partial charge in [0.1, 0.15) is 24.2 Å². The topological polar surface area (TPSA) is 107 Å². The van der Waals surface area contributed by atoms with Crippen LogP contribution < -0.4 is 4.74 Å². The molecule has 0 radical (unpaired) electrons. The molecule has 40 heavy (non-hydrogen) atoms. The fraction of sp³-hybridized carbons (Fsp3) is 0.429. The number of pyridine rings is 1. The second-order valence-corrected chi connectivity index (χ2v) is 11.9. The second-order valence-electron chi connectivity index (χ2n) is 10.6. The first-order valence-electron chi connectivity index (χ1n) is 12.9. The van der Waals surface area contributed by atoms with E-state index in [1.807, 2.05) is 60.1 Å². The molecule has 1 aliphatic heterocycles. The fourth-order valence-electron chi connectivity index (χ4n) is 4.74. The molecule has 0 unspecified atom stereocenters. The molecule has 1 fully saturated rings. The minimum atomic E-state index is -1.29. The van der Waals surface area contributed by atoms with E-state index < -0.39 is 12.0 Å². The van der Waals surface area contributed by atoms with Gasteiger partial charge in [0.2, 0.25) is 5.28 Å². The van der Waals surface area contributed by atoms with Gasteiger partial charge in [0, 0.05) is 48.3 Å². The van der Waals surface area contributed by atoms with Crippen molar-refractivity contribution in [1.82, 2.24) is 24.4 Å². The molecule has 4 heterocycles. The number of fused-ring (bicyclic) bond motifs is 2. The Balaban J connectivity index is 1.42. The lowest BCUT2D eigenvalue weighted by molar-refractivity contribution is -0.189. The van der Waals surface area contributed by atoms with Gasteiger partial charge in [-0.25, -0.2) is 4.99 Å². The van der Waals surface area contributed by atoms with Crippen LogP contribution in [0.2, 0.25) is 5.28 Å². The van der Waals surface area contributed by atoms with Crippen molar-refractivity contribution in [2.24, 2.45) is 16.8 Å². The molecule has 1 aromatic carbocycles. The Bertz CT molecular complexity index is 1540. The maximum absolute atomic E-state index is 10.3. The number of aromatic nitrogens is 4. The molecule has 212 valence electrons. The minimum absolute atomic E-state index is 0.0304. The van der Waals surface area contributed by atoms with Crippen molar-refractivity contribution in [3.8, 4) is 5.75 Å². The van der Waals surface area contributed by atoms with Crippen LogP contribution in [0.4, 0.5) is 5.82 Å². The highest BCUT2D eigenvalue weighted by molar-refractivity contribution is 9.10. The predicted molar refractivity (Wildman–Crippen MR) is 158 cm³/mol. The first-order chi connectivity index (χ1) is 19.0. The summed E-state index contributed by atoms with van der Waals surface area (Å²) < 4.78 is 21.5. The van der Waals surface area contributed by atoms with E-state index in [2.05, 4.69) is 42.8 Å². The summed E-state index contributed by atoms with van der Waals surface area (Å²) in [6.07, 6.45) is 4.62. The number of hydrogen-bond donors (Lipinski definition) is 1. The van der Waals surface area contributed by atoms with Gasteiger partial charge in [0.15, 0.2) is 11.6 Å². The van der Waals surface area contributed by atoms with Crippen molar-refractivity contribution >= 4 is 61.6 Å². The molecule has 0 saturated carbocycles. The highest BCUT2D eigenvalue weighted by Crippen LogP contribution is 2.42. The van der Waals surface area contributed by atoms with Crippen molar-refractivity contribution in [2.75, 3.05) is 27.3 Å². The summed E-state index contributed by atoms with van der Waals surface area (Å²) in [5.41, 5.74) is 1.45. The maximum Gasteiger partial charge on any atom is 0.226 e. The smallest absolute Gasteiger partial charge is 0.226 e. The largest absolute Gasteiger partial charge is 0.491 e. The summed E-state index contributed by atoms with van der Waals surface area (Å²) in [6, 6.07) is 9.75. The number of aliphatic hydroxyl groups is 1. The summed E-state index contributed by atoms with van der Waals surface area (Å²) in [5.74, 6) is -0.198. The third-order valence-corrected chi connectivity index (χ3v) is 7.42. The average Bonchev–Trinajstić information content (AvgIpc) is 3.44. The first kappa shape index (κ1) is 28.7. The summed E-state index contributed by atoms with van der Waals surface area (Å²) in [7, 11) is 3.76. The summed E-state index contributed by atoms with van der Waals surface area (Å²) in [4.78, 5) is 19.6. The number of hydrogen-bond acceptors (Lipinski definition) is 8. The van der Waals surface area contributed by atoms with Gasteiger partial charge in [-0.2, -0.15) is 9.97 Å². The third kappa shape index (κ3) is 6.39. The summed E-state index contributed by atoms with van der Waals surface area (Å²) in [5, 5.41) is 12.1. The number of aliphatic imine (C=N–C) groups is 1. The number of nitrogens with zero attached hydrogens (tertiary/aromatic N) is 6. The van der Waals surface area contributed by atoms with Gasteiger partial charge in [-0.05, 0) is 71.6 Å². The molecule has 10 nitrogen and oxygen atoms in total. The standard InChI is InChI=1S/C28H32BrClN6O4/c1-16-21(13-39-28(2,3)37)26(36-9-8-20-24(32-15-35(4)5)33-27(30)34-25(20)36)40-23(16)14-38-19-7-6-17-10-18(29)12-31-22(17)11-19/h6-12,15-16,21,23,26,37H,13-14H2,1-5H3/b32-15+/t16-,21+,23+,26+/m0/s1. The Kier molecular flexibility index (Phi) is 8.30. The lowest BCUT2D eigenvalue weighted by atomic mass is 9.91. The fourth-order valence-corrected chi connectivity index (χ4v) is 5.25. The van der Waals surface area contributed by atoms with Gasteiger partial charge in [0.05, 0.1) is 30.0 Å². The molecule has 3 aromatic heterocycles. The van der Waals surface area contributed by atoms with Crippen LogP contribution in [0.15, 0.2) is 52.2 Å². The normalized spacial score (nSPS) is 21.6. The van der Waals surface area contributed by atoms with Gasteiger partial charge in [-0.1, -0.05) is 6.92 Å². The molecule has 0 spiro atoms. The van der Waals surface area contributed by atoms with Crippen LogP contribution in [0.3, 0.4) is 0 Å². The zero-order chi connectivity index (χ0) is 28.6. The lowest BCUT2D eigenvalue weighted by Gasteiger charge is -2.26. The zero-order valence-electron chi connectivity index (χ0n) is 23.0. The molecule has 0 aliphatic carbocycles. The van der Waals surface area contributed by atoms with Crippen molar-refractivity contribution in [3.63, 3.8) is 0 Å². The average molecular weight is 632 g/mol. The van der Waals surface area contributed by atoms with Gasteiger partial charge in [0.25, 0.3) is 0 Å². The molecule has 5 rings (SSSR count). The number of benzene rings is 1. The highest BCUT2D eigenvalue weighted by Gasteiger charge is 2.44. The van der Waals surface area contributed by atoms with Crippen LogP contribution in [0.25, 0.3) is 21.9 Å². The summed E-state index contributed by atoms with van der Waals surface area (Å²) in [6.45, 7) is 5.92. The van der Waals surface area contributed by atoms with E-state index in [1.54, 1.807) is 26.4 Å². The molecular formula is C28H32BrClN6O4. The highest BCUT2D eigenvalue weighted by atomic mass is 79.9. The zero-order valence-corrected chi connectivity index (χ0v) is 25.3. The van der Waals surface area contributed by atoms with E-state index in [4.69, 9.17) is 25.8 Å². The van der Waals surface area contributed by atoms with Gasteiger partial charge >= 0.3 is 0 Å². The Morgan fingerprint density at radius 1 is 1.23 bits per heavy atom. The van der Waals surface area contributed by atoms with Gasteiger partial charge < -0.3 is 28.8 Å². The number of ether oxygens (including phenoxy) is 3. The molecule has 12 heteroatoms. The van der Waals surface area contributed by atoms with Crippen molar-refractivity contribution in [3.05, 3.63) is 52.5 Å². The summed E-state index contributed by atoms with van der Waals surface area (Å²) >= 11 is 9.77. The quantitative estimate of drug-likeness (QED) is 0.110. The Hall–Kier alpha value is -2.83. The van der Waals surface area contributed by atoms with Gasteiger partial charge in [-0.15, -0.1) is 0 Å². The molecule has 1 aliphatic rings. The van der Waals surface area contributed by atoms with Crippen molar-refractivity contribution in [1.29, 1.82) is 0 Å². The molecule has 0 amide bonds. The van der Waals surface area contributed by atoms with E-state index in [1.165, 1.54) is 0 Å². The molecular weight excluding hydrogens is 600 g/mol. The molecule has 4 atom stereocenters. The van der Waals surface area contributed by atoms with Crippen LogP contribution >= 0.6 is 27.5 Å². The SMILES string of the molecule is C[C@H]1[C@@H](COC(C)(C)O)[C@H](n2ccc3c(/N=C/N(C)C)nc(Cl)nc32)O[C@@H]1COc1ccc2cc(Br)cnc2c1. The van der Waals surface area contributed by atoms with Crippen LogP contribution in [-0.4, -0.2) is 75.1 Å². The molecule has 0 bridgehead atoms. The van der Waals surface area contributed by atoms with Crippen molar-refractivity contribution < 1.29 is 19.3 Å². The van der Waals surface area contributed by atoms with E-state index in [9.17, 15) is 5.11 Å². The molecule has 1 N–H and O–H groups in total. The third-order valence-electron chi connectivity index (χ3n) is 6.82. The predicted octanol–water partition coefficient (Wildman–Crippen LogP) is 5.59. The van der Waals surface area contributed by atoms with E-state index in [0.29, 0.717) is 23.8 Å². The number of halogens is 2. The monoisotopic (exact) mass is 630 g/mol. The van der Waals surface area contributed by atoms with Crippen LogP contribution in [0, 0.1) is 11.8 Å². The number of rotatable bonds is 9. The molecule has 4 aromatic rings. The Labute approximate surface area is 246 Å². The lowest BCUT2D eigenvalue weighted by Crippen LogP contribution is -2.31. The van der Waals surface area contributed by atoms with Crippen LogP contribution in [0.1, 0.15) is 27.0 Å².